The third kappa shape index (κ3) is 8.90. The Kier molecular flexibility index (Phi) is 9.92. The molecule has 4 aromatic rings. The van der Waals surface area contributed by atoms with Crippen molar-refractivity contribution < 1.29 is 22.8 Å². The zero-order valence-corrected chi connectivity index (χ0v) is 24.2. The van der Waals surface area contributed by atoms with Gasteiger partial charge in [0.1, 0.15) is 5.70 Å². The molecule has 5 N–H and O–H groups in total. The van der Waals surface area contributed by atoms with Gasteiger partial charge in [0.15, 0.2) is 0 Å². The molecule has 0 spiro atoms. The van der Waals surface area contributed by atoms with E-state index in [1.807, 2.05) is 31.2 Å². The van der Waals surface area contributed by atoms with E-state index < -0.39 is 21.8 Å². The zero-order chi connectivity index (χ0) is 30.1. The quantitative estimate of drug-likeness (QED) is 0.152. The summed E-state index contributed by atoms with van der Waals surface area (Å²) in [6.45, 7) is 1.96. The Morgan fingerprint density at radius 3 is 2.17 bits per heavy atom. The van der Waals surface area contributed by atoms with Gasteiger partial charge in [-0.25, -0.2) is 13.6 Å². The Balaban J connectivity index is 1.42. The lowest BCUT2D eigenvalue weighted by Gasteiger charge is -2.12. The number of anilines is 2. The predicted octanol–water partition coefficient (Wildman–Crippen LogP) is 4.78. The van der Waals surface area contributed by atoms with Crippen LogP contribution in [0.2, 0.25) is 0 Å². The number of primary sulfonamides is 1. The van der Waals surface area contributed by atoms with Crippen LogP contribution in [-0.2, 0) is 19.6 Å². The summed E-state index contributed by atoms with van der Waals surface area (Å²) >= 11 is 1.25. The first-order valence-electron chi connectivity index (χ1n) is 12.7. The number of aryl methyl sites for hydroxylation is 1. The molecule has 0 aliphatic rings. The van der Waals surface area contributed by atoms with E-state index in [4.69, 9.17) is 5.14 Å². The molecule has 0 bridgehead atoms. The number of benzene rings is 4. The Labute approximate surface area is 248 Å². The maximum absolute atomic E-state index is 13.3. The number of carbonyl (C=O) groups is 3. The molecule has 0 saturated carbocycles. The van der Waals surface area contributed by atoms with Crippen LogP contribution < -0.4 is 21.1 Å². The van der Waals surface area contributed by atoms with E-state index >= 15 is 0 Å². The van der Waals surface area contributed by atoms with Crippen LogP contribution in [0.1, 0.15) is 21.5 Å². The number of hydrogen-bond acceptors (Lipinski definition) is 6. The van der Waals surface area contributed by atoms with Crippen molar-refractivity contribution in [2.24, 2.45) is 5.14 Å². The standard InChI is InChI=1S/C31H28N4O5S2/c1-21-10-12-22(13-11-21)18-28(35-30(37)23-6-3-2-4-7-23)31(38)34-25-8-5-9-26(19-25)41-20-29(36)33-24-14-16-27(17-15-24)42(32,39)40/h2-19H,20H2,1H3,(H,33,36)(H,34,38)(H,35,37)(H2,32,39,40)/b28-18-. The highest BCUT2D eigenvalue weighted by atomic mass is 32.2. The van der Waals surface area contributed by atoms with Crippen LogP contribution in [0.25, 0.3) is 6.08 Å². The summed E-state index contributed by atoms with van der Waals surface area (Å²) in [5.41, 5.74) is 3.20. The fraction of sp³-hybridized carbons (Fsp3) is 0.0645. The average molecular weight is 601 g/mol. The summed E-state index contributed by atoms with van der Waals surface area (Å²) < 4.78 is 22.8. The highest BCUT2D eigenvalue weighted by Crippen LogP contribution is 2.23. The third-order valence-electron chi connectivity index (χ3n) is 5.85. The van der Waals surface area contributed by atoms with Crippen LogP contribution in [0.15, 0.2) is 119 Å². The number of carbonyl (C=O) groups excluding carboxylic acids is 3. The molecule has 3 amide bonds. The van der Waals surface area contributed by atoms with Gasteiger partial charge in [-0.2, -0.15) is 0 Å². The van der Waals surface area contributed by atoms with Crippen molar-refractivity contribution in [3.8, 4) is 0 Å². The van der Waals surface area contributed by atoms with Crippen molar-refractivity contribution in [2.45, 2.75) is 16.7 Å². The van der Waals surface area contributed by atoms with E-state index in [0.29, 0.717) is 16.9 Å². The smallest absolute Gasteiger partial charge is 0.272 e. The van der Waals surface area contributed by atoms with Crippen molar-refractivity contribution in [3.63, 3.8) is 0 Å². The first kappa shape index (κ1) is 30.3. The maximum Gasteiger partial charge on any atom is 0.272 e. The van der Waals surface area contributed by atoms with Gasteiger partial charge in [0.05, 0.1) is 10.6 Å². The summed E-state index contributed by atoms with van der Waals surface area (Å²) in [6, 6.07) is 28.7. The van der Waals surface area contributed by atoms with Crippen LogP contribution >= 0.6 is 11.8 Å². The molecule has 0 atom stereocenters. The minimum atomic E-state index is -3.82. The minimum Gasteiger partial charge on any atom is -0.325 e. The van der Waals surface area contributed by atoms with Gasteiger partial charge in [-0.1, -0.05) is 54.1 Å². The van der Waals surface area contributed by atoms with Gasteiger partial charge in [-0.15, -0.1) is 11.8 Å². The highest BCUT2D eigenvalue weighted by Gasteiger charge is 2.16. The van der Waals surface area contributed by atoms with Crippen LogP contribution in [0.5, 0.6) is 0 Å². The fourth-order valence-corrected chi connectivity index (χ4v) is 4.98. The predicted molar refractivity (Wildman–Crippen MR) is 165 cm³/mol. The van der Waals surface area contributed by atoms with Crippen molar-refractivity contribution in [3.05, 3.63) is 126 Å². The van der Waals surface area contributed by atoms with Gasteiger partial charge in [-0.3, -0.25) is 14.4 Å². The molecule has 42 heavy (non-hydrogen) atoms. The van der Waals surface area contributed by atoms with Crippen LogP contribution in [0, 0.1) is 6.92 Å². The molecule has 0 aliphatic carbocycles. The van der Waals surface area contributed by atoms with E-state index in [0.717, 1.165) is 16.0 Å². The first-order valence-corrected chi connectivity index (χ1v) is 15.2. The van der Waals surface area contributed by atoms with E-state index in [1.54, 1.807) is 60.7 Å². The molecular formula is C31H28N4O5S2. The topological polar surface area (TPSA) is 147 Å². The molecule has 214 valence electrons. The Morgan fingerprint density at radius 1 is 0.810 bits per heavy atom. The summed E-state index contributed by atoms with van der Waals surface area (Å²) in [5, 5.41) is 13.3. The second kappa shape index (κ2) is 13.8. The van der Waals surface area contributed by atoms with Gasteiger partial charge < -0.3 is 16.0 Å². The van der Waals surface area contributed by atoms with E-state index in [2.05, 4.69) is 16.0 Å². The van der Waals surface area contributed by atoms with Gasteiger partial charge in [-0.05, 0) is 73.2 Å². The SMILES string of the molecule is Cc1ccc(/C=C(\NC(=O)c2ccccc2)C(=O)Nc2cccc(SCC(=O)Nc3ccc(S(N)(=O)=O)cc3)c2)cc1. The maximum atomic E-state index is 13.3. The van der Waals surface area contributed by atoms with Gasteiger partial charge in [0.2, 0.25) is 15.9 Å². The molecule has 0 radical (unpaired) electrons. The molecule has 4 aromatic carbocycles. The average Bonchev–Trinajstić information content (AvgIpc) is 2.97. The molecule has 0 saturated heterocycles. The molecule has 0 fully saturated rings. The van der Waals surface area contributed by atoms with Crippen LogP contribution in [-0.4, -0.2) is 31.9 Å². The Morgan fingerprint density at radius 2 is 1.50 bits per heavy atom. The molecule has 0 aliphatic heterocycles. The van der Waals surface area contributed by atoms with E-state index in [9.17, 15) is 22.8 Å². The number of amides is 3. The van der Waals surface area contributed by atoms with E-state index in [1.165, 1.54) is 36.0 Å². The monoisotopic (exact) mass is 600 g/mol. The molecule has 0 unspecified atom stereocenters. The third-order valence-corrected chi connectivity index (χ3v) is 7.77. The van der Waals surface area contributed by atoms with Crippen molar-refractivity contribution >= 4 is 57.0 Å². The van der Waals surface area contributed by atoms with Crippen molar-refractivity contribution in [1.82, 2.24) is 5.32 Å². The molecular weight excluding hydrogens is 572 g/mol. The molecule has 0 aromatic heterocycles. The van der Waals surface area contributed by atoms with Gasteiger partial charge in [0, 0.05) is 21.8 Å². The second-order valence-corrected chi connectivity index (χ2v) is 11.8. The number of thioether (sulfide) groups is 1. The summed E-state index contributed by atoms with van der Waals surface area (Å²) in [4.78, 5) is 39.3. The van der Waals surface area contributed by atoms with E-state index in [-0.39, 0.29) is 22.3 Å². The van der Waals surface area contributed by atoms with Gasteiger partial charge >= 0.3 is 0 Å². The largest absolute Gasteiger partial charge is 0.325 e. The highest BCUT2D eigenvalue weighted by molar-refractivity contribution is 8.00. The second-order valence-electron chi connectivity index (χ2n) is 9.18. The van der Waals surface area contributed by atoms with Crippen LogP contribution in [0.3, 0.4) is 0 Å². The van der Waals surface area contributed by atoms with Crippen LogP contribution in [0.4, 0.5) is 11.4 Å². The van der Waals surface area contributed by atoms with Crippen molar-refractivity contribution in [1.29, 1.82) is 0 Å². The molecule has 0 heterocycles. The Hall–Kier alpha value is -4.71. The lowest BCUT2D eigenvalue weighted by Crippen LogP contribution is -2.30. The fourth-order valence-electron chi connectivity index (χ4n) is 3.71. The van der Waals surface area contributed by atoms with Crippen molar-refractivity contribution in [2.75, 3.05) is 16.4 Å². The number of sulfonamides is 1. The lowest BCUT2D eigenvalue weighted by molar-refractivity contribution is -0.114. The normalized spacial score (nSPS) is 11.4. The number of hydrogen-bond donors (Lipinski definition) is 4. The summed E-state index contributed by atoms with van der Waals surface area (Å²) in [6.07, 6.45) is 1.61. The number of nitrogens with two attached hydrogens (primary N) is 1. The molecule has 9 nitrogen and oxygen atoms in total. The molecule has 11 heteroatoms. The van der Waals surface area contributed by atoms with Gasteiger partial charge in [0.25, 0.3) is 11.8 Å². The lowest BCUT2D eigenvalue weighted by atomic mass is 10.1. The molecule has 4 rings (SSSR count). The number of rotatable bonds is 10. The zero-order valence-electron chi connectivity index (χ0n) is 22.5. The first-order chi connectivity index (χ1) is 20.1. The minimum absolute atomic E-state index is 0.0507. The number of nitrogens with one attached hydrogen (secondary N) is 3. The Bertz CT molecular complexity index is 1720. The summed E-state index contributed by atoms with van der Waals surface area (Å²) in [5.74, 6) is -1.16. The summed E-state index contributed by atoms with van der Waals surface area (Å²) in [7, 11) is -3.82.